The Morgan fingerprint density at radius 1 is 1.04 bits per heavy atom. The molecule has 0 fully saturated rings. The number of thiazole rings is 1. The Labute approximate surface area is 156 Å². The van der Waals surface area contributed by atoms with Crippen molar-refractivity contribution in [3.05, 3.63) is 71.4 Å². The Bertz CT molecular complexity index is 1160. The van der Waals surface area contributed by atoms with Gasteiger partial charge in [-0.1, -0.05) is 18.2 Å². The summed E-state index contributed by atoms with van der Waals surface area (Å²) in [5.74, 6) is 0. The molecule has 0 saturated carbocycles. The van der Waals surface area contributed by atoms with E-state index in [1.165, 1.54) is 0 Å². The van der Waals surface area contributed by atoms with Gasteiger partial charge in [-0.25, -0.2) is 13.4 Å². The van der Waals surface area contributed by atoms with Gasteiger partial charge in [0.15, 0.2) is 4.96 Å². The molecule has 2 aromatic heterocycles. The summed E-state index contributed by atoms with van der Waals surface area (Å²) in [5, 5.41) is 1.98. The highest BCUT2D eigenvalue weighted by Gasteiger charge is 2.15. The van der Waals surface area contributed by atoms with Crippen molar-refractivity contribution in [3.63, 3.8) is 0 Å². The van der Waals surface area contributed by atoms with E-state index in [0.717, 1.165) is 27.3 Å². The third kappa shape index (κ3) is 3.11. The van der Waals surface area contributed by atoms with E-state index in [2.05, 4.69) is 9.71 Å². The standard InChI is InChI=1S/C19H17N3O2S2/c1-13-3-8-17(11-14(13)2)26(23,24)21-16-6-4-15(5-7-16)18-12-22-9-10-25-19(22)20-18/h3-12,21H,1-2H3. The highest BCUT2D eigenvalue weighted by atomic mass is 32.2. The van der Waals surface area contributed by atoms with Gasteiger partial charge in [-0.2, -0.15) is 0 Å². The Morgan fingerprint density at radius 3 is 2.50 bits per heavy atom. The summed E-state index contributed by atoms with van der Waals surface area (Å²) in [7, 11) is -3.61. The Hall–Kier alpha value is -2.64. The van der Waals surface area contributed by atoms with Crippen molar-refractivity contribution in [1.82, 2.24) is 9.38 Å². The number of anilines is 1. The lowest BCUT2D eigenvalue weighted by Gasteiger charge is -2.10. The molecule has 0 aliphatic heterocycles. The molecule has 2 aromatic carbocycles. The first-order valence-corrected chi connectivity index (χ1v) is 10.4. The highest BCUT2D eigenvalue weighted by molar-refractivity contribution is 7.92. The molecule has 0 radical (unpaired) electrons. The molecule has 0 aliphatic carbocycles. The second kappa shape index (κ2) is 6.26. The molecule has 132 valence electrons. The molecule has 0 amide bonds. The lowest BCUT2D eigenvalue weighted by Crippen LogP contribution is -2.13. The maximum Gasteiger partial charge on any atom is 0.261 e. The summed E-state index contributed by atoms with van der Waals surface area (Å²) < 4.78 is 29.8. The van der Waals surface area contributed by atoms with Crippen LogP contribution in [0.4, 0.5) is 5.69 Å². The molecular formula is C19H17N3O2S2. The van der Waals surface area contributed by atoms with Gasteiger partial charge in [0.2, 0.25) is 0 Å². The molecule has 2 heterocycles. The molecular weight excluding hydrogens is 366 g/mol. The van der Waals surface area contributed by atoms with E-state index in [1.807, 2.05) is 54.2 Å². The molecule has 7 heteroatoms. The van der Waals surface area contributed by atoms with Gasteiger partial charge in [-0.05, 0) is 49.2 Å². The average Bonchev–Trinajstić information content (AvgIpc) is 3.19. The topological polar surface area (TPSA) is 63.5 Å². The van der Waals surface area contributed by atoms with Crippen LogP contribution in [0.3, 0.4) is 0 Å². The normalized spacial score (nSPS) is 11.8. The quantitative estimate of drug-likeness (QED) is 0.565. The monoisotopic (exact) mass is 383 g/mol. The summed E-state index contributed by atoms with van der Waals surface area (Å²) in [4.78, 5) is 5.75. The van der Waals surface area contributed by atoms with Crippen LogP contribution in [-0.2, 0) is 10.0 Å². The van der Waals surface area contributed by atoms with Gasteiger partial charge in [-0.15, -0.1) is 11.3 Å². The molecule has 0 unspecified atom stereocenters. The van der Waals surface area contributed by atoms with Crippen molar-refractivity contribution in [1.29, 1.82) is 0 Å². The van der Waals surface area contributed by atoms with E-state index in [0.29, 0.717) is 5.69 Å². The van der Waals surface area contributed by atoms with Crippen molar-refractivity contribution in [3.8, 4) is 11.3 Å². The molecule has 26 heavy (non-hydrogen) atoms. The second-order valence-electron chi connectivity index (χ2n) is 6.15. The Balaban J connectivity index is 1.58. The van der Waals surface area contributed by atoms with E-state index in [9.17, 15) is 8.42 Å². The van der Waals surface area contributed by atoms with Crippen LogP contribution < -0.4 is 4.72 Å². The number of aryl methyl sites for hydroxylation is 2. The predicted octanol–water partition coefficient (Wildman–Crippen LogP) is 4.48. The lowest BCUT2D eigenvalue weighted by molar-refractivity contribution is 0.601. The number of rotatable bonds is 4. The molecule has 4 aromatic rings. The number of nitrogens with zero attached hydrogens (tertiary/aromatic N) is 2. The zero-order valence-corrected chi connectivity index (χ0v) is 15.9. The van der Waals surface area contributed by atoms with Gasteiger partial charge in [0.25, 0.3) is 10.0 Å². The van der Waals surface area contributed by atoms with Crippen LogP contribution in [0.2, 0.25) is 0 Å². The van der Waals surface area contributed by atoms with Crippen LogP contribution in [-0.4, -0.2) is 17.8 Å². The molecule has 0 saturated heterocycles. The lowest BCUT2D eigenvalue weighted by atomic mass is 10.1. The van der Waals surface area contributed by atoms with Gasteiger partial charge in [-0.3, -0.25) is 9.12 Å². The molecule has 0 atom stereocenters. The minimum atomic E-state index is -3.61. The zero-order valence-electron chi connectivity index (χ0n) is 14.3. The van der Waals surface area contributed by atoms with Crippen LogP contribution in [0.5, 0.6) is 0 Å². The average molecular weight is 383 g/mol. The van der Waals surface area contributed by atoms with Crippen LogP contribution in [0.15, 0.2) is 65.1 Å². The second-order valence-corrected chi connectivity index (χ2v) is 8.70. The largest absolute Gasteiger partial charge is 0.297 e. The molecule has 0 spiro atoms. The third-order valence-corrected chi connectivity index (χ3v) is 6.46. The van der Waals surface area contributed by atoms with Crippen LogP contribution in [0.1, 0.15) is 11.1 Å². The smallest absolute Gasteiger partial charge is 0.261 e. The number of hydrogen-bond donors (Lipinski definition) is 1. The third-order valence-electron chi connectivity index (χ3n) is 4.31. The van der Waals surface area contributed by atoms with Crippen LogP contribution >= 0.6 is 11.3 Å². The molecule has 0 aliphatic rings. The van der Waals surface area contributed by atoms with Crippen LogP contribution in [0.25, 0.3) is 16.2 Å². The number of fused-ring (bicyclic) bond motifs is 1. The minimum absolute atomic E-state index is 0.263. The number of hydrogen-bond acceptors (Lipinski definition) is 4. The Kier molecular flexibility index (Phi) is 4.05. The summed E-state index contributed by atoms with van der Waals surface area (Å²) >= 11 is 1.57. The zero-order chi connectivity index (χ0) is 18.3. The fourth-order valence-electron chi connectivity index (χ4n) is 2.67. The van der Waals surface area contributed by atoms with Crippen molar-refractivity contribution >= 4 is 32.0 Å². The van der Waals surface area contributed by atoms with Crippen molar-refractivity contribution in [2.45, 2.75) is 18.7 Å². The summed E-state index contributed by atoms with van der Waals surface area (Å²) in [6.45, 7) is 3.86. The fraction of sp³-hybridized carbons (Fsp3) is 0.105. The summed E-state index contributed by atoms with van der Waals surface area (Å²) in [5.41, 5.74) is 4.33. The van der Waals surface area contributed by atoms with E-state index in [1.54, 1.807) is 35.6 Å². The van der Waals surface area contributed by atoms with E-state index in [-0.39, 0.29) is 4.90 Å². The fourth-order valence-corrected chi connectivity index (χ4v) is 4.51. The predicted molar refractivity (Wildman–Crippen MR) is 105 cm³/mol. The molecule has 5 nitrogen and oxygen atoms in total. The van der Waals surface area contributed by atoms with Crippen LogP contribution in [0, 0.1) is 13.8 Å². The Morgan fingerprint density at radius 2 is 1.81 bits per heavy atom. The number of aromatic nitrogens is 2. The molecule has 4 rings (SSSR count). The first-order valence-electron chi connectivity index (χ1n) is 8.05. The number of benzene rings is 2. The number of nitrogens with one attached hydrogen (secondary N) is 1. The van der Waals surface area contributed by atoms with Crippen molar-refractivity contribution in [2.24, 2.45) is 0 Å². The van der Waals surface area contributed by atoms with E-state index < -0.39 is 10.0 Å². The minimum Gasteiger partial charge on any atom is -0.297 e. The van der Waals surface area contributed by atoms with Crippen molar-refractivity contribution in [2.75, 3.05) is 4.72 Å². The van der Waals surface area contributed by atoms with E-state index in [4.69, 9.17) is 0 Å². The van der Waals surface area contributed by atoms with Gasteiger partial charge in [0.05, 0.1) is 10.6 Å². The first-order chi connectivity index (χ1) is 12.4. The summed E-state index contributed by atoms with van der Waals surface area (Å²) in [6, 6.07) is 12.4. The number of imidazole rings is 1. The maximum atomic E-state index is 12.6. The van der Waals surface area contributed by atoms with Gasteiger partial charge >= 0.3 is 0 Å². The van der Waals surface area contributed by atoms with E-state index >= 15 is 0 Å². The SMILES string of the molecule is Cc1ccc(S(=O)(=O)Nc2ccc(-c3cn4ccsc4n3)cc2)cc1C. The highest BCUT2D eigenvalue weighted by Crippen LogP contribution is 2.24. The molecule has 1 N–H and O–H groups in total. The maximum absolute atomic E-state index is 12.6. The first kappa shape index (κ1) is 16.8. The van der Waals surface area contributed by atoms with Gasteiger partial charge < -0.3 is 0 Å². The number of sulfonamides is 1. The van der Waals surface area contributed by atoms with Gasteiger partial charge in [0.1, 0.15) is 0 Å². The van der Waals surface area contributed by atoms with Gasteiger partial charge in [0, 0.05) is 29.0 Å². The van der Waals surface area contributed by atoms with Crippen molar-refractivity contribution < 1.29 is 8.42 Å². The molecule has 0 bridgehead atoms. The summed E-state index contributed by atoms with van der Waals surface area (Å²) in [6.07, 6.45) is 3.92.